The predicted molar refractivity (Wildman–Crippen MR) is 105 cm³/mol. The van der Waals surface area contributed by atoms with E-state index in [9.17, 15) is 14.9 Å². The third-order valence-electron chi connectivity index (χ3n) is 4.31. The molecule has 8 nitrogen and oxygen atoms in total. The van der Waals surface area contributed by atoms with Crippen molar-refractivity contribution in [1.82, 2.24) is 0 Å². The van der Waals surface area contributed by atoms with Gasteiger partial charge in [-0.3, -0.25) is 14.9 Å². The smallest absolute Gasteiger partial charge is 0.296 e. The van der Waals surface area contributed by atoms with Gasteiger partial charge >= 0.3 is 0 Å². The number of amides is 1. The van der Waals surface area contributed by atoms with Crippen LogP contribution in [0.2, 0.25) is 0 Å². The first-order valence-corrected chi connectivity index (χ1v) is 8.53. The summed E-state index contributed by atoms with van der Waals surface area (Å²) in [6, 6.07) is 12.1. The molecule has 1 aliphatic heterocycles. The molecule has 1 heterocycles. The number of anilines is 3. The van der Waals surface area contributed by atoms with Crippen molar-refractivity contribution in [1.29, 1.82) is 0 Å². The molecule has 1 aliphatic rings. The lowest BCUT2D eigenvalue weighted by Crippen LogP contribution is -2.50. The number of ether oxygens (including phenoxy) is 1. The van der Waals surface area contributed by atoms with Crippen molar-refractivity contribution in [2.75, 3.05) is 35.7 Å². The van der Waals surface area contributed by atoms with Crippen molar-refractivity contribution < 1.29 is 14.5 Å². The fourth-order valence-corrected chi connectivity index (χ4v) is 3.22. The van der Waals surface area contributed by atoms with Gasteiger partial charge in [-0.2, -0.15) is 0 Å². The Morgan fingerprint density at radius 1 is 1.33 bits per heavy atom. The molecule has 0 spiro atoms. The van der Waals surface area contributed by atoms with Crippen molar-refractivity contribution in [3.63, 3.8) is 0 Å². The molecule has 0 aliphatic carbocycles. The minimum Gasteiger partial charge on any atom is -0.496 e. The number of nitrogens with zero attached hydrogens (tertiary/aromatic N) is 2. The maximum Gasteiger partial charge on any atom is 0.296 e. The van der Waals surface area contributed by atoms with Crippen LogP contribution in [0.4, 0.5) is 22.7 Å². The van der Waals surface area contributed by atoms with Crippen molar-refractivity contribution in [3.8, 4) is 5.75 Å². The summed E-state index contributed by atoms with van der Waals surface area (Å²) in [6.45, 7) is 4.83. The molecule has 0 saturated carbocycles. The van der Waals surface area contributed by atoms with E-state index in [1.807, 2.05) is 29.2 Å². The molecule has 0 aromatic heterocycles. The van der Waals surface area contributed by atoms with Gasteiger partial charge in [-0.1, -0.05) is 12.1 Å². The van der Waals surface area contributed by atoms with Crippen molar-refractivity contribution >= 4 is 28.7 Å². The second kappa shape index (κ2) is 7.14. The maximum absolute atomic E-state index is 12.6. The Morgan fingerprint density at radius 2 is 2.07 bits per heavy atom. The summed E-state index contributed by atoms with van der Waals surface area (Å²) in [5, 5.41) is 17.4. The van der Waals surface area contributed by atoms with E-state index in [4.69, 9.17) is 4.74 Å². The first-order chi connectivity index (χ1) is 12.8. The number of nitrogens with one attached hydrogen (secondary N) is 2. The van der Waals surface area contributed by atoms with Crippen LogP contribution in [0.15, 0.2) is 42.5 Å². The standard InChI is InChI=1S/C19H22N4O4/c1-19(2)12-22(16-7-5-4-6-15(16)21-19)11-18(24)20-14-9-8-13(27-3)10-17(14)23(25)26/h4-10,21H,11-12H2,1-3H3,(H,20,24). The van der Waals surface area contributed by atoms with Crippen LogP contribution in [0.3, 0.4) is 0 Å². The maximum atomic E-state index is 12.6. The number of benzene rings is 2. The summed E-state index contributed by atoms with van der Waals surface area (Å²) >= 11 is 0. The zero-order valence-electron chi connectivity index (χ0n) is 15.5. The third-order valence-corrected chi connectivity index (χ3v) is 4.31. The second-order valence-electron chi connectivity index (χ2n) is 7.07. The molecular formula is C19H22N4O4. The van der Waals surface area contributed by atoms with E-state index in [0.29, 0.717) is 12.3 Å². The van der Waals surface area contributed by atoms with Gasteiger partial charge in [0.2, 0.25) is 5.91 Å². The van der Waals surface area contributed by atoms with E-state index in [1.54, 1.807) is 6.07 Å². The number of rotatable bonds is 5. The minimum atomic E-state index is -0.540. The fourth-order valence-electron chi connectivity index (χ4n) is 3.22. The van der Waals surface area contributed by atoms with Gasteiger partial charge in [-0.25, -0.2) is 0 Å². The molecule has 2 aromatic rings. The molecule has 8 heteroatoms. The zero-order chi connectivity index (χ0) is 19.6. The number of methoxy groups -OCH3 is 1. The molecule has 0 radical (unpaired) electrons. The third kappa shape index (κ3) is 4.11. The van der Waals surface area contributed by atoms with E-state index in [-0.39, 0.29) is 29.4 Å². The van der Waals surface area contributed by atoms with Gasteiger partial charge in [-0.15, -0.1) is 0 Å². The average molecular weight is 370 g/mol. The number of nitro groups is 1. The number of carbonyl (C=O) groups excluding carboxylic acids is 1. The van der Waals surface area contributed by atoms with Crippen LogP contribution in [-0.2, 0) is 4.79 Å². The highest BCUT2D eigenvalue weighted by Gasteiger charge is 2.30. The molecule has 0 bridgehead atoms. The number of nitro benzene ring substituents is 1. The fraction of sp³-hybridized carbons (Fsp3) is 0.316. The van der Waals surface area contributed by atoms with Crippen LogP contribution in [-0.4, -0.2) is 36.6 Å². The molecule has 3 rings (SSSR count). The Hall–Kier alpha value is -3.29. The average Bonchev–Trinajstić information content (AvgIpc) is 2.60. The summed E-state index contributed by atoms with van der Waals surface area (Å²) in [7, 11) is 1.43. The lowest BCUT2D eigenvalue weighted by molar-refractivity contribution is -0.384. The van der Waals surface area contributed by atoms with Gasteiger partial charge < -0.3 is 20.3 Å². The van der Waals surface area contributed by atoms with Gasteiger partial charge in [0.25, 0.3) is 5.69 Å². The number of hydrogen-bond acceptors (Lipinski definition) is 6. The Kier molecular flexibility index (Phi) is 4.89. The number of hydrogen-bond donors (Lipinski definition) is 2. The van der Waals surface area contributed by atoms with Crippen LogP contribution in [0.5, 0.6) is 5.75 Å². The van der Waals surface area contributed by atoms with E-state index < -0.39 is 4.92 Å². The molecule has 0 saturated heterocycles. The summed E-state index contributed by atoms with van der Waals surface area (Å²) in [6.07, 6.45) is 0. The quantitative estimate of drug-likeness (QED) is 0.619. The molecule has 2 N–H and O–H groups in total. The monoisotopic (exact) mass is 370 g/mol. The molecule has 0 unspecified atom stereocenters. The van der Waals surface area contributed by atoms with Crippen LogP contribution in [0.25, 0.3) is 0 Å². The zero-order valence-corrected chi connectivity index (χ0v) is 15.5. The normalized spacial score (nSPS) is 14.7. The first kappa shape index (κ1) is 18.5. The van der Waals surface area contributed by atoms with Crippen molar-refractivity contribution in [2.45, 2.75) is 19.4 Å². The Bertz CT molecular complexity index is 882. The molecule has 27 heavy (non-hydrogen) atoms. The summed E-state index contributed by atoms with van der Waals surface area (Å²) < 4.78 is 5.02. The SMILES string of the molecule is COc1ccc(NC(=O)CN2CC(C)(C)Nc3ccccc32)c([N+](=O)[O-])c1. The van der Waals surface area contributed by atoms with Crippen molar-refractivity contribution in [2.24, 2.45) is 0 Å². The predicted octanol–water partition coefficient (Wildman–Crippen LogP) is 3.25. The molecular weight excluding hydrogens is 348 g/mol. The highest BCUT2D eigenvalue weighted by atomic mass is 16.6. The largest absolute Gasteiger partial charge is 0.496 e. The van der Waals surface area contributed by atoms with Gasteiger partial charge in [-0.05, 0) is 38.1 Å². The number of para-hydroxylation sites is 2. The number of fused-ring (bicyclic) bond motifs is 1. The highest BCUT2D eigenvalue weighted by molar-refractivity contribution is 5.97. The van der Waals surface area contributed by atoms with Gasteiger partial charge in [0, 0.05) is 12.1 Å². The Labute approximate surface area is 157 Å². The Morgan fingerprint density at radius 3 is 2.78 bits per heavy atom. The topological polar surface area (TPSA) is 96.7 Å². The molecule has 1 amide bonds. The molecule has 2 aromatic carbocycles. The van der Waals surface area contributed by atoms with Gasteiger partial charge in [0.1, 0.15) is 11.4 Å². The molecule has 0 fully saturated rings. The number of carbonyl (C=O) groups is 1. The van der Waals surface area contributed by atoms with Crippen LogP contribution >= 0.6 is 0 Å². The molecule has 142 valence electrons. The summed E-state index contributed by atoms with van der Waals surface area (Å²) in [4.78, 5) is 25.3. The van der Waals surface area contributed by atoms with E-state index in [1.165, 1.54) is 19.2 Å². The first-order valence-electron chi connectivity index (χ1n) is 8.53. The van der Waals surface area contributed by atoms with E-state index in [0.717, 1.165) is 11.4 Å². The minimum absolute atomic E-state index is 0.0886. The lowest BCUT2D eigenvalue weighted by Gasteiger charge is -2.41. The van der Waals surface area contributed by atoms with Gasteiger partial charge in [0.05, 0.1) is 36.0 Å². The lowest BCUT2D eigenvalue weighted by atomic mass is 9.99. The van der Waals surface area contributed by atoms with Crippen LogP contribution in [0.1, 0.15) is 13.8 Å². The molecule has 0 atom stereocenters. The van der Waals surface area contributed by atoms with E-state index in [2.05, 4.69) is 24.5 Å². The summed E-state index contributed by atoms with van der Waals surface area (Å²) in [5.41, 5.74) is 1.62. The Balaban J connectivity index is 1.80. The second-order valence-corrected chi connectivity index (χ2v) is 7.07. The summed E-state index contributed by atoms with van der Waals surface area (Å²) in [5.74, 6) is 0.0354. The highest BCUT2D eigenvalue weighted by Crippen LogP contribution is 2.34. The van der Waals surface area contributed by atoms with Gasteiger partial charge in [0.15, 0.2) is 0 Å². The van der Waals surface area contributed by atoms with Crippen molar-refractivity contribution in [3.05, 3.63) is 52.6 Å². The van der Waals surface area contributed by atoms with E-state index >= 15 is 0 Å². The van der Waals surface area contributed by atoms with Crippen LogP contribution < -0.4 is 20.3 Å². The van der Waals surface area contributed by atoms with Crippen LogP contribution in [0, 0.1) is 10.1 Å².